The zero-order valence-corrected chi connectivity index (χ0v) is 50.2. The zero-order chi connectivity index (χ0) is 63.5. The number of aliphatic carboxylic acids is 1. The Kier molecular flexibility index (Phi) is 19.6. The van der Waals surface area contributed by atoms with Crippen molar-refractivity contribution in [3.05, 3.63) is 23.3 Å². The van der Waals surface area contributed by atoms with Crippen molar-refractivity contribution in [3.8, 4) is 0 Å². The number of carbonyl (C=O) groups excluding carboxylic acids is 1. The molecule has 0 aromatic heterocycles. The van der Waals surface area contributed by atoms with Crippen molar-refractivity contribution in [2.75, 3.05) is 26.4 Å². The van der Waals surface area contributed by atoms with Crippen LogP contribution in [0.1, 0.15) is 107 Å². The van der Waals surface area contributed by atoms with E-state index in [1.807, 2.05) is 20.8 Å². The van der Waals surface area contributed by atoms with Gasteiger partial charge in [0.05, 0.1) is 62.4 Å². The summed E-state index contributed by atoms with van der Waals surface area (Å²) in [5.74, 6) is -3.46. The van der Waals surface area contributed by atoms with Gasteiger partial charge in [0.2, 0.25) is 0 Å². The molecule has 9 aliphatic rings. The quantitative estimate of drug-likeness (QED) is 0.0335. The molecule has 4 saturated heterocycles. The minimum absolute atomic E-state index is 0.115. The fourth-order valence-corrected chi connectivity index (χ4v) is 17.4. The average Bonchev–Trinajstić information content (AvgIpc) is 0.673. The van der Waals surface area contributed by atoms with Gasteiger partial charge in [-0.25, -0.2) is 9.59 Å². The second kappa shape index (κ2) is 24.8. The molecule has 492 valence electrons. The first-order valence-corrected chi connectivity index (χ1v) is 30.2. The van der Waals surface area contributed by atoms with Crippen LogP contribution < -0.4 is 0 Å². The third-order valence-electron chi connectivity index (χ3n) is 22.9. The Morgan fingerprint density at radius 1 is 0.628 bits per heavy atom. The zero-order valence-electron chi connectivity index (χ0n) is 50.2. The number of ether oxygens (including phenoxy) is 9. The second-order valence-corrected chi connectivity index (χ2v) is 27.7. The van der Waals surface area contributed by atoms with Gasteiger partial charge in [0, 0.05) is 11.0 Å². The van der Waals surface area contributed by atoms with E-state index < -0.39 is 224 Å². The Hall–Kier alpha value is -2.50. The maximum Gasteiger partial charge on any atom is 0.335 e. The lowest BCUT2D eigenvalue weighted by molar-refractivity contribution is -0.392. The van der Waals surface area contributed by atoms with Crippen LogP contribution in [0.2, 0.25) is 0 Å². The van der Waals surface area contributed by atoms with Gasteiger partial charge in [0.15, 0.2) is 37.4 Å². The highest BCUT2D eigenvalue weighted by atomic mass is 16.8. The molecule has 9 rings (SSSR count). The summed E-state index contributed by atoms with van der Waals surface area (Å²) in [6.45, 7) is 14.0. The van der Waals surface area contributed by atoms with E-state index in [9.17, 15) is 91.3 Å². The minimum Gasteiger partial charge on any atom is -0.479 e. The molecule has 27 nitrogen and oxygen atoms in total. The maximum absolute atomic E-state index is 13.2. The van der Waals surface area contributed by atoms with Crippen molar-refractivity contribution in [1.82, 2.24) is 0 Å². The first-order valence-electron chi connectivity index (χ1n) is 30.2. The predicted octanol–water partition coefficient (Wildman–Crippen LogP) is -3.04. The molecule has 4 aliphatic heterocycles. The molecular weight excluding hydrogens is 1140 g/mol. The molecule has 0 spiro atoms. The number of hydrogen-bond donors (Lipinski definition) is 16. The standard InChI is InChI=1S/C59H94O27/c1-10-23(2)49(77)82-42-24(3)78-50(40(72)37(42)69)86-47-46(74)59(22-63)26(17-54(47,4)5)25-11-12-30-55(6)15-14-32(56(7,21-62)29(55)13-16-57(30,8)58(25,9)18-31(59)64)81-53-44(84-52-39(71)36(68)34(66)28(20-61)80-52)41(73)43(45(85-53)48(75)76)83-51-38(70)35(67)33(65)27(19-60)79-51/h10-11,24,26-47,50-53,60-74H,12-22H2,1-9H3,(H,75,76)/b23-10-/t24-,26+,27-,28-,29-,30-,31-,32+,33-,34-,35+,36+,37-,38-,39-,40-,41+,42-,43+,44-,45+,46+,47+,50+,51+,52+,53-,55+,56-,57-,58-,59+/m1/s1. The van der Waals surface area contributed by atoms with E-state index in [2.05, 4.69) is 26.8 Å². The number of carboxylic acids is 1. The van der Waals surface area contributed by atoms with Gasteiger partial charge in [-0.1, -0.05) is 59.3 Å². The smallest absolute Gasteiger partial charge is 0.335 e. The predicted molar refractivity (Wildman–Crippen MR) is 291 cm³/mol. The molecular formula is C59H94O27. The summed E-state index contributed by atoms with van der Waals surface area (Å²) < 4.78 is 54.0. The van der Waals surface area contributed by atoms with Gasteiger partial charge in [-0.3, -0.25) is 0 Å². The van der Waals surface area contributed by atoms with Gasteiger partial charge >= 0.3 is 11.9 Å². The number of aliphatic hydroxyl groups excluding tert-OH is 15. The highest BCUT2D eigenvalue weighted by molar-refractivity contribution is 5.87. The van der Waals surface area contributed by atoms with Crippen molar-refractivity contribution in [1.29, 1.82) is 0 Å². The molecule has 32 atom stereocenters. The Labute approximate surface area is 499 Å². The Morgan fingerprint density at radius 2 is 1.20 bits per heavy atom. The lowest BCUT2D eigenvalue weighted by atomic mass is 9.33. The summed E-state index contributed by atoms with van der Waals surface area (Å²) in [6, 6.07) is 0. The number of allylic oxidation sites excluding steroid dienone is 3. The molecule has 16 N–H and O–H groups in total. The monoisotopic (exact) mass is 1230 g/mol. The maximum atomic E-state index is 13.2. The molecule has 5 aliphatic carbocycles. The van der Waals surface area contributed by atoms with E-state index >= 15 is 0 Å². The topological polar surface area (TPSA) is 441 Å². The molecule has 0 amide bonds. The molecule has 0 aromatic rings. The summed E-state index contributed by atoms with van der Waals surface area (Å²) in [4.78, 5) is 25.8. The van der Waals surface area contributed by atoms with Crippen LogP contribution in [0, 0.1) is 50.2 Å². The normalized spacial score (nSPS) is 53.0. The Balaban J connectivity index is 0.982. The third kappa shape index (κ3) is 10.8. The van der Waals surface area contributed by atoms with Gasteiger partial charge < -0.3 is 124 Å². The number of carboxylic acid groups (broad SMARTS) is 1. The fourth-order valence-electron chi connectivity index (χ4n) is 17.4. The van der Waals surface area contributed by atoms with Crippen molar-refractivity contribution in [2.45, 2.75) is 254 Å². The van der Waals surface area contributed by atoms with Gasteiger partial charge in [-0.15, -0.1) is 0 Å². The van der Waals surface area contributed by atoms with E-state index in [1.165, 1.54) is 0 Å². The number of carbonyl (C=O) groups is 2. The third-order valence-corrected chi connectivity index (χ3v) is 22.9. The summed E-state index contributed by atoms with van der Waals surface area (Å²) in [5, 5.41) is 179. The Bertz CT molecular complexity index is 2480. The Morgan fingerprint density at radius 3 is 1.74 bits per heavy atom. The molecule has 86 heavy (non-hydrogen) atoms. The van der Waals surface area contributed by atoms with E-state index in [1.54, 1.807) is 26.8 Å². The molecule has 0 unspecified atom stereocenters. The molecule has 27 heteroatoms. The van der Waals surface area contributed by atoms with Crippen molar-refractivity contribution in [3.63, 3.8) is 0 Å². The van der Waals surface area contributed by atoms with Gasteiger partial charge in [-0.2, -0.15) is 0 Å². The number of aliphatic hydroxyl groups is 15. The second-order valence-electron chi connectivity index (χ2n) is 27.7. The van der Waals surface area contributed by atoms with E-state index in [0.717, 1.165) is 5.57 Å². The van der Waals surface area contributed by atoms with Crippen LogP contribution in [-0.2, 0) is 52.2 Å². The first kappa shape index (κ1) is 67.9. The van der Waals surface area contributed by atoms with Crippen molar-refractivity contribution >= 4 is 11.9 Å². The molecule has 8 fully saturated rings. The van der Waals surface area contributed by atoms with Crippen LogP contribution in [-0.4, -0.2) is 267 Å². The van der Waals surface area contributed by atoms with Crippen LogP contribution >= 0.6 is 0 Å². The average molecular weight is 1240 g/mol. The molecule has 0 radical (unpaired) electrons. The lowest BCUT2D eigenvalue weighted by Crippen LogP contribution is -2.72. The summed E-state index contributed by atoms with van der Waals surface area (Å²) in [6.07, 6.45) is -34.6. The highest BCUT2D eigenvalue weighted by Crippen LogP contribution is 2.76. The fraction of sp³-hybridized carbons (Fsp3) is 0.898. The van der Waals surface area contributed by atoms with Crippen molar-refractivity contribution < 1.29 is 134 Å². The largest absolute Gasteiger partial charge is 0.479 e. The number of esters is 1. The van der Waals surface area contributed by atoms with Crippen LogP contribution in [0.25, 0.3) is 0 Å². The minimum atomic E-state index is -2.19. The highest BCUT2D eigenvalue weighted by Gasteiger charge is 2.73. The molecule has 4 saturated carbocycles. The van der Waals surface area contributed by atoms with Gasteiger partial charge in [-0.05, 0) is 105 Å². The van der Waals surface area contributed by atoms with Crippen molar-refractivity contribution in [2.24, 2.45) is 50.2 Å². The van der Waals surface area contributed by atoms with Crippen LogP contribution in [0.4, 0.5) is 0 Å². The van der Waals surface area contributed by atoms with Crippen LogP contribution in [0.3, 0.4) is 0 Å². The molecule has 4 heterocycles. The van der Waals surface area contributed by atoms with E-state index in [-0.39, 0.29) is 30.3 Å². The summed E-state index contributed by atoms with van der Waals surface area (Å²) in [7, 11) is 0. The van der Waals surface area contributed by atoms with Gasteiger partial charge in [0.1, 0.15) is 79.4 Å². The summed E-state index contributed by atoms with van der Waals surface area (Å²) in [5.41, 5.74) is -4.23. The number of rotatable bonds is 15. The molecule has 0 bridgehead atoms. The molecule has 0 aromatic carbocycles. The first-order chi connectivity index (χ1) is 40.2. The lowest BCUT2D eigenvalue weighted by Gasteiger charge is -2.72. The van der Waals surface area contributed by atoms with Gasteiger partial charge in [0.25, 0.3) is 0 Å². The van der Waals surface area contributed by atoms with Crippen LogP contribution in [0.15, 0.2) is 23.3 Å². The van der Waals surface area contributed by atoms with E-state index in [4.69, 9.17) is 42.6 Å². The van der Waals surface area contributed by atoms with E-state index in [0.29, 0.717) is 32.1 Å². The summed E-state index contributed by atoms with van der Waals surface area (Å²) >= 11 is 0. The number of fused-ring (bicyclic) bond motifs is 7. The van der Waals surface area contributed by atoms with Crippen LogP contribution in [0.5, 0.6) is 0 Å². The number of hydrogen-bond acceptors (Lipinski definition) is 26. The SMILES string of the molecule is C/C=C(/C)C(=O)O[C@H]1[C@H](O)[C@@H](O)[C@H](O[C@H]2[C@H](O)[C@]3(CO)[C@H](O)C[C@]4(C)C(=CC[C@@H]5[C@@]6(C)CC[C@H](O[C@@H]7O[C@H](C(=O)O)[C@@H](O[C@@H]8O[C@H](CO)[C@@H](O)[C@H](O)[C@H]8O)[C@H](O)[C@H]7O[C@@H]7O[C@H](CO)[C@@H](O)[C@H](O)[C@H]7O)[C@](C)(CO)[C@@H]6CC[C@]54C)[C@@H]3CC2(C)C)O[C@@H]1C.